The molecule has 0 aliphatic rings. The quantitative estimate of drug-likeness (QED) is 0.677. The summed E-state index contributed by atoms with van der Waals surface area (Å²) in [7, 11) is 0. The predicted molar refractivity (Wildman–Crippen MR) is 60.3 cm³/mol. The maximum Gasteiger partial charge on any atom is 0.410 e. The zero-order chi connectivity index (χ0) is 12.6. The van der Waals surface area contributed by atoms with Crippen LogP contribution < -0.4 is 0 Å². The van der Waals surface area contributed by atoms with Gasteiger partial charge in [-0.3, -0.25) is 4.79 Å². The van der Waals surface area contributed by atoms with Gasteiger partial charge in [0.2, 0.25) is 0 Å². The number of aliphatic carboxylic acids is 1. The van der Waals surface area contributed by atoms with Crippen molar-refractivity contribution in [1.29, 1.82) is 0 Å². The van der Waals surface area contributed by atoms with Gasteiger partial charge in [-0.15, -0.1) is 0 Å². The van der Waals surface area contributed by atoms with Crippen molar-refractivity contribution < 1.29 is 19.4 Å². The van der Waals surface area contributed by atoms with Crippen molar-refractivity contribution in [2.45, 2.75) is 32.7 Å². The summed E-state index contributed by atoms with van der Waals surface area (Å²) in [6.07, 6.45) is 1.54. The van der Waals surface area contributed by atoms with E-state index in [2.05, 4.69) is 6.58 Å². The second-order valence-corrected chi connectivity index (χ2v) is 3.65. The summed E-state index contributed by atoms with van der Waals surface area (Å²) < 4.78 is 4.89. The smallest absolute Gasteiger partial charge is 0.410 e. The van der Waals surface area contributed by atoms with Crippen LogP contribution in [0.3, 0.4) is 0 Å². The molecular formula is C11H19NO4. The van der Waals surface area contributed by atoms with Crippen LogP contribution >= 0.6 is 0 Å². The highest BCUT2D eigenvalue weighted by Crippen LogP contribution is 2.04. The number of carbonyl (C=O) groups excluding carboxylic acids is 1. The van der Waals surface area contributed by atoms with E-state index in [1.807, 2.05) is 13.8 Å². The molecule has 92 valence electrons. The van der Waals surface area contributed by atoms with Crippen LogP contribution in [0.4, 0.5) is 4.79 Å². The Morgan fingerprint density at radius 3 is 2.56 bits per heavy atom. The number of carboxylic acid groups (broad SMARTS) is 1. The third-order valence-electron chi connectivity index (χ3n) is 1.97. The topological polar surface area (TPSA) is 66.8 Å². The number of nitrogens with zero attached hydrogens (tertiary/aromatic N) is 1. The van der Waals surface area contributed by atoms with E-state index >= 15 is 0 Å². The Balaban J connectivity index is 4.10. The van der Waals surface area contributed by atoms with Gasteiger partial charge >= 0.3 is 12.1 Å². The number of hydrogen-bond donors (Lipinski definition) is 1. The van der Waals surface area contributed by atoms with Gasteiger partial charge in [-0.1, -0.05) is 12.7 Å². The lowest BCUT2D eigenvalue weighted by atomic mass is 10.2. The molecule has 0 rings (SSSR count). The lowest BCUT2D eigenvalue weighted by molar-refractivity contribution is -0.137. The van der Waals surface area contributed by atoms with E-state index in [9.17, 15) is 9.59 Å². The SMILES string of the molecule is C=CCOC(=O)N(CCCC(=O)O)C(C)C. The summed E-state index contributed by atoms with van der Waals surface area (Å²) in [5.41, 5.74) is 0. The second-order valence-electron chi connectivity index (χ2n) is 3.65. The van der Waals surface area contributed by atoms with E-state index < -0.39 is 12.1 Å². The van der Waals surface area contributed by atoms with Crippen molar-refractivity contribution in [3.8, 4) is 0 Å². The number of hydrogen-bond acceptors (Lipinski definition) is 3. The van der Waals surface area contributed by atoms with Crippen LogP contribution in [0.25, 0.3) is 0 Å². The van der Waals surface area contributed by atoms with E-state index in [-0.39, 0.29) is 19.1 Å². The number of ether oxygens (including phenoxy) is 1. The fourth-order valence-electron chi connectivity index (χ4n) is 1.17. The van der Waals surface area contributed by atoms with Crippen LogP contribution in [0, 0.1) is 0 Å². The Morgan fingerprint density at radius 2 is 2.12 bits per heavy atom. The molecule has 0 aromatic heterocycles. The molecule has 0 aromatic carbocycles. The summed E-state index contributed by atoms with van der Waals surface area (Å²) in [6.45, 7) is 7.72. The number of carbonyl (C=O) groups is 2. The summed E-state index contributed by atoms with van der Waals surface area (Å²) >= 11 is 0. The first-order valence-corrected chi connectivity index (χ1v) is 5.25. The highest BCUT2D eigenvalue weighted by molar-refractivity contribution is 5.68. The third-order valence-corrected chi connectivity index (χ3v) is 1.97. The number of amides is 1. The van der Waals surface area contributed by atoms with Crippen molar-refractivity contribution in [2.24, 2.45) is 0 Å². The van der Waals surface area contributed by atoms with Crippen LogP contribution in [0.15, 0.2) is 12.7 Å². The first-order valence-electron chi connectivity index (χ1n) is 5.25. The molecule has 0 radical (unpaired) electrons. The Morgan fingerprint density at radius 1 is 1.50 bits per heavy atom. The van der Waals surface area contributed by atoms with Crippen molar-refractivity contribution in [2.75, 3.05) is 13.2 Å². The molecule has 0 atom stereocenters. The molecular weight excluding hydrogens is 210 g/mol. The average molecular weight is 229 g/mol. The molecule has 1 N–H and O–H groups in total. The van der Waals surface area contributed by atoms with Gasteiger partial charge in [-0.2, -0.15) is 0 Å². The van der Waals surface area contributed by atoms with Crippen molar-refractivity contribution in [3.05, 3.63) is 12.7 Å². The molecule has 0 aromatic rings. The van der Waals surface area contributed by atoms with Crippen molar-refractivity contribution >= 4 is 12.1 Å². The van der Waals surface area contributed by atoms with Crippen LogP contribution in [-0.2, 0) is 9.53 Å². The standard InChI is InChI=1S/C11H19NO4/c1-4-8-16-11(15)12(9(2)3)7-5-6-10(13)14/h4,9H,1,5-8H2,2-3H3,(H,13,14). The molecule has 16 heavy (non-hydrogen) atoms. The normalized spacial score (nSPS) is 9.94. The minimum atomic E-state index is -0.858. The van der Waals surface area contributed by atoms with E-state index in [1.54, 1.807) is 0 Å². The maximum atomic E-state index is 11.5. The summed E-state index contributed by atoms with van der Waals surface area (Å²) in [6, 6.07) is -0.00823. The van der Waals surface area contributed by atoms with Crippen molar-refractivity contribution in [3.63, 3.8) is 0 Å². The van der Waals surface area contributed by atoms with Crippen LogP contribution in [-0.4, -0.2) is 41.3 Å². The molecule has 0 aliphatic heterocycles. The van der Waals surface area contributed by atoms with Gasteiger partial charge in [0.15, 0.2) is 0 Å². The van der Waals surface area contributed by atoms with Crippen LogP contribution in [0.1, 0.15) is 26.7 Å². The first-order chi connectivity index (χ1) is 7.49. The fourth-order valence-corrected chi connectivity index (χ4v) is 1.17. The van der Waals surface area contributed by atoms with E-state index in [0.717, 1.165) is 0 Å². The molecule has 0 saturated carbocycles. The van der Waals surface area contributed by atoms with Crippen LogP contribution in [0.5, 0.6) is 0 Å². The Kier molecular flexibility index (Phi) is 7.00. The average Bonchev–Trinajstić information content (AvgIpc) is 2.20. The Bertz CT molecular complexity index is 250. The molecule has 0 saturated heterocycles. The molecule has 0 bridgehead atoms. The summed E-state index contributed by atoms with van der Waals surface area (Å²) in [4.78, 5) is 23.4. The zero-order valence-electron chi connectivity index (χ0n) is 9.81. The summed E-state index contributed by atoms with van der Waals surface area (Å²) in [5.74, 6) is -0.858. The predicted octanol–water partition coefficient (Wildman–Crippen LogP) is 1.88. The number of carboxylic acids is 1. The van der Waals surface area contributed by atoms with Crippen LogP contribution in [0.2, 0.25) is 0 Å². The van der Waals surface area contributed by atoms with Gasteiger partial charge in [-0.05, 0) is 20.3 Å². The monoisotopic (exact) mass is 229 g/mol. The summed E-state index contributed by atoms with van der Waals surface area (Å²) in [5, 5.41) is 8.50. The van der Waals surface area contributed by atoms with E-state index in [1.165, 1.54) is 11.0 Å². The van der Waals surface area contributed by atoms with E-state index in [4.69, 9.17) is 9.84 Å². The molecule has 5 nitrogen and oxygen atoms in total. The molecule has 0 aliphatic carbocycles. The highest BCUT2D eigenvalue weighted by Gasteiger charge is 2.17. The lowest BCUT2D eigenvalue weighted by Gasteiger charge is -2.25. The molecule has 0 fully saturated rings. The van der Waals surface area contributed by atoms with Gasteiger partial charge < -0.3 is 14.7 Å². The minimum Gasteiger partial charge on any atom is -0.481 e. The third kappa shape index (κ3) is 6.06. The van der Waals surface area contributed by atoms with Crippen molar-refractivity contribution in [1.82, 2.24) is 4.90 Å². The van der Waals surface area contributed by atoms with Gasteiger partial charge in [0.1, 0.15) is 6.61 Å². The lowest BCUT2D eigenvalue weighted by Crippen LogP contribution is -2.38. The fraction of sp³-hybridized carbons (Fsp3) is 0.636. The molecule has 0 heterocycles. The molecule has 5 heteroatoms. The highest BCUT2D eigenvalue weighted by atomic mass is 16.6. The zero-order valence-corrected chi connectivity index (χ0v) is 9.81. The molecule has 0 spiro atoms. The van der Waals surface area contributed by atoms with Gasteiger partial charge in [0.25, 0.3) is 0 Å². The number of rotatable bonds is 7. The largest absolute Gasteiger partial charge is 0.481 e. The Hall–Kier alpha value is -1.52. The molecule has 0 unspecified atom stereocenters. The second kappa shape index (κ2) is 7.73. The van der Waals surface area contributed by atoms with Gasteiger partial charge in [-0.25, -0.2) is 4.79 Å². The first kappa shape index (κ1) is 14.5. The van der Waals surface area contributed by atoms with Gasteiger partial charge in [0, 0.05) is 19.0 Å². The Labute approximate surface area is 95.7 Å². The van der Waals surface area contributed by atoms with Gasteiger partial charge in [0.05, 0.1) is 0 Å². The van der Waals surface area contributed by atoms with E-state index in [0.29, 0.717) is 13.0 Å². The minimum absolute atomic E-state index is 0.00823. The molecule has 1 amide bonds. The maximum absolute atomic E-state index is 11.5.